The Hall–Kier alpha value is -2.81. The van der Waals surface area contributed by atoms with Gasteiger partial charge in [0.2, 0.25) is 0 Å². The third-order valence-corrected chi connectivity index (χ3v) is 3.69. The number of benzene rings is 1. The van der Waals surface area contributed by atoms with E-state index in [1.54, 1.807) is 4.90 Å². The molecule has 2 rings (SSSR count). The predicted molar refractivity (Wildman–Crippen MR) is 90.0 cm³/mol. The van der Waals surface area contributed by atoms with Crippen LogP contribution in [0.25, 0.3) is 0 Å². The number of ether oxygens (including phenoxy) is 4. The highest BCUT2D eigenvalue weighted by atomic mass is 16.5. The molecule has 9 heteroatoms. The first-order valence-corrected chi connectivity index (χ1v) is 8.06. The number of carbonyl (C=O) groups excluding carboxylic acids is 3. The highest BCUT2D eigenvalue weighted by molar-refractivity contribution is 5.92. The van der Waals surface area contributed by atoms with Gasteiger partial charge in [-0.25, -0.2) is 4.79 Å². The topological polar surface area (TPSA) is 117 Å². The maximum absolute atomic E-state index is 12.2. The summed E-state index contributed by atoms with van der Waals surface area (Å²) in [6, 6.07) is 4.31. The molecule has 2 N–H and O–H groups in total. The van der Waals surface area contributed by atoms with Gasteiger partial charge in [-0.3, -0.25) is 9.59 Å². The molecule has 1 aromatic carbocycles. The Bertz CT molecular complexity index is 677. The van der Waals surface area contributed by atoms with Crippen molar-refractivity contribution in [2.45, 2.75) is 13.0 Å². The lowest BCUT2D eigenvalue weighted by molar-refractivity contribution is -0.141. The quantitative estimate of drug-likeness (QED) is 0.673. The molecule has 0 radical (unpaired) electrons. The van der Waals surface area contributed by atoms with Gasteiger partial charge in [0.15, 0.2) is 24.7 Å². The Balaban J connectivity index is 1.94. The van der Waals surface area contributed by atoms with Gasteiger partial charge >= 0.3 is 5.97 Å². The maximum atomic E-state index is 12.2. The largest absolute Gasteiger partial charge is 0.493 e. The van der Waals surface area contributed by atoms with Gasteiger partial charge < -0.3 is 29.6 Å². The van der Waals surface area contributed by atoms with E-state index in [2.05, 4.69) is 0 Å². The van der Waals surface area contributed by atoms with Crippen LogP contribution in [0, 0.1) is 0 Å². The average Bonchev–Trinajstić information content (AvgIpc) is 2.63. The molecule has 142 valence electrons. The van der Waals surface area contributed by atoms with Crippen molar-refractivity contribution >= 4 is 17.8 Å². The summed E-state index contributed by atoms with van der Waals surface area (Å²) >= 11 is 0. The fourth-order valence-corrected chi connectivity index (χ4v) is 2.41. The summed E-state index contributed by atoms with van der Waals surface area (Å²) in [6.07, 6.45) is -0.0411. The molecule has 0 bridgehead atoms. The van der Waals surface area contributed by atoms with E-state index >= 15 is 0 Å². The van der Waals surface area contributed by atoms with Gasteiger partial charge in [0, 0.05) is 13.1 Å². The van der Waals surface area contributed by atoms with Crippen LogP contribution in [0.1, 0.15) is 17.3 Å². The Morgan fingerprint density at radius 2 is 2.04 bits per heavy atom. The van der Waals surface area contributed by atoms with E-state index in [1.807, 2.05) is 6.92 Å². The summed E-state index contributed by atoms with van der Waals surface area (Å²) in [4.78, 5) is 36.6. The van der Waals surface area contributed by atoms with Gasteiger partial charge in [0.05, 0.1) is 25.4 Å². The molecule has 1 heterocycles. The summed E-state index contributed by atoms with van der Waals surface area (Å²) in [6.45, 7) is 2.61. The minimum absolute atomic E-state index is 0.0411. The number of carbonyl (C=O) groups is 3. The van der Waals surface area contributed by atoms with Crippen LogP contribution in [0.4, 0.5) is 0 Å². The van der Waals surface area contributed by atoms with Crippen LogP contribution in [-0.2, 0) is 19.1 Å². The first-order valence-electron chi connectivity index (χ1n) is 8.06. The number of amides is 2. The summed E-state index contributed by atoms with van der Waals surface area (Å²) < 4.78 is 20.8. The van der Waals surface area contributed by atoms with E-state index in [4.69, 9.17) is 24.7 Å². The number of rotatable bonds is 7. The number of nitrogens with zero attached hydrogens (tertiary/aromatic N) is 1. The number of hydrogen-bond acceptors (Lipinski definition) is 7. The van der Waals surface area contributed by atoms with E-state index in [0.717, 1.165) is 0 Å². The molecule has 9 nitrogen and oxygen atoms in total. The summed E-state index contributed by atoms with van der Waals surface area (Å²) in [5.41, 5.74) is 5.22. The lowest BCUT2D eigenvalue weighted by atomic mass is 10.2. The lowest BCUT2D eigenvalue weighted by Gasteiger charge is -2.30. The summed E-state index contributed by atoms with van der Waals surface area (Å²) in [5.74, 6) is -1.07. The highest BCUT2D eigenvalue weighted by Crippen LogP contribution is 2.28. The second kappa shape index (κ2) is 9.04. The molecule has 1 aliphatic rings. The number of nitrogens with two attached hydrogens (primary N) is 1. The zero-order valence-electron chi connectivity index (χ0n) is 14.7. The van der Waals surface area contributed by atoms with Crippen molar-refractivity contribution in [3.63, 3.8) is 0 Å². The number of morpholine rings is 1. The van der Waals surface area contributed by atoms with Crippen molar-refractivity contribution in [2.75, 3.05) is 40.0 Å². The van der Waals surface area contributed by atoms with Crippen molar-refractivity contribution in [3.8, 4) is 11.5 Å². The molecule has 1 aromatic rings. The maximum Gasteiger partial charge on any atom is 0.338 e. The van der Waals surface area contributed by atoms with Crippen LogP contribution < -0.4 is 15.2 Å². The molecule has 1 unspecified atom stereocenters. The smallest absolute Gasteiger partial charge is 0.338 e. The van der Waals surface area contributed by atoms with Gasteiger partial charge in [-0.2, -0.15) is 0 Å². The fraction of sp³-hybridized carbons (Fsp3) is 0.471. The molecule has 1 fully saturated rings. The molecule has 26 heavy (non-hydrogen) atoms. The van der Waals surface area contributed by atoms with E-state index in [0.29, 0.717) is 19.7 Å². The molecule has 2 amide bonds. The van der Waals surface area contributed by atoms with Crippen molar-refractivity contribution in [1.82, 2.24) is 4.90 Å². The van der Waals surface area contributed by atoms with Crippen LogP contribution in [0.3, 0.4) is 0 Å². The van der Waals surface area contributed by atoms with Crippen molar-refractivity contribution in [1.29, 1.82) is 0 Å². The van der Waals surface area contributed by atoms with Crippen LogP contribution in [0.15, 0.2) is 18.2 Å². The SMILES string of the molecule is COc1cc(C(=O)OCC(=O)N2CCOC(C)C2)ccc1OCC(N)=O. The first-order chi connectivity index (χ1) is 12.4. The number of hydrogen-bond donors (Lipinski definition) is 1. The van der Waals surface area contributed by atoms with Crippen LogP contribution in [0.2, 0.25) is 0 Å². The van der Waals surface area contributed by atoms with Crippen LogP contribution in [0.5, 0.6) is 11.5 Å². The molecular weight excluding hydrogens is 344 g/mol. The molecule has 1 aliphatic heterocycles. The molecule has 1 atom stereocenters. The molecule has 1 saturated heterocycles. The van der Waals surface area contributed by atoms with Gasteiger partial charge in [-0.05, 0) is 25.1 Å². The van der Waals surface area contributed by atoms with Crippen molar-refractivity contribution < 1.29 is 33.3 Å². The third kappa shape index (κ3) is 5.35. The normalized spacial score (nSPS) is 16.7. The number of methoxy groups -OCH3 is 1. The standard InChI is InChI=1S/C17H22N2O7/c1-11-8-19(5-6-24-11)16(21)10-26-17(22)12-3-4-13(14(7-12)23-2)25-9-15(18)20/h3-4,7,11H,5-6,8-10H2,1-2H3,(H2,18,20). The average molecular weight is 366 g/mol. The van der Waals surface area contributed by atoms with Crippen LogP contribution >= 0.6 is 0 Å². The summed E-state index contributed by atoms with van der Waals surface area (Å²) in [5, 5.41) is 0. The van der Waals surface area contributed by atoms with Crippen molar-refractivity contribution in [2.24, 2.45) is 5.73 Å². The van der Waals surface area contributed by atoms with E-state index < -0.39 is 11.9 Å². The first kappa shape index (κ1) is 19.5. The molecular formula is C17H22N2O7. The highest BCUT2D eigenvalue weighted by Gasteiger charge is 2.22. The fourth-order valence-electron chi connectivity index (χ4n) is 2.41. The zero-order chi connectivity index (χ0) is 19.1. The zero-order valence-corrected chi connectivity index (χ0v) is 14.7. The third-order valence-electron chi connectivity index (χ3n) is 3.69. The van der Waals surface area contributed by atoms with Crippen molar-refractivity contribution in [3.05, 3.63) is 23.8 Å². The predicted octanol–water partition coefficient (Wildman–Crippen LogP) is -0.0366. The van der Waals surface area contributed by atoms with Gasteiger partial charge in [-0.15, -0.1) is 0 Å². The van der Waals surface area contributed by atoms with E-state index in [-0.39, 0.29) is 42.3 Å². The van der Waals surface area contributed by atoms with Crippen LogP contribution in [-0.4, -0.2) is 68.8 Å². The lowest BCUT2D eigenvalue weighted by Crippen LogP contribution is -2.46. The minimum atomic E-state index is -0.667. The molecule has 0 saturated carbocycles. The Labute approximate surface area is 150 Å². The minimum Gasteiger partial charge on any atom is -0.493 e. The second-order valence-electron chi connectivity index (χ2n) is 5.72. The Morgan fingerprint density at radius 1 is 1.27 bits per heavy atom. The summed E-state index contributed by atoms with van der Waals surface area (Å²) in [7, 11) is 1.39. The number of esters is 1. The van der Waals surface area contributed by atoms with E-state index in [9.17, 15) is 14.4 Å². The number of primary amides is 1. The van der Waals surface area contributed by atoms with E-state index in [1.165, 1.54) is 25.3 Å². The molecule has 0 spiro atoms. The molecule has 0 aromatic heterocycles. The molecule has 0 aliphatic carbocycles. The van der Waals surface area contributed by atoms with Gasteiger partial charge in [0.1, 0.15) is 0 Å². The van der Waals surface area contributed by atoms with Gasteiger partial charge in [-0.1, -0.05) is 0 Å². The Morgan fingerprint density at radius 3 is 2.69 bits per heavy atom. The van der Waals surface area contributed by atoms with Gasteiger partial charge in [0.25, 0.3) is 11.8 Å². The Kier molecular flexibility index (Phi) is 6.79. The second-order valence-corrected chi connectivity index (χ2v) is 5.72. The monoisotopic (exact) mass is 366 g/mol.